The fourth-order valence-electron chi connectivity index (χ4n) is 2.46. The van der Waals surface area contributed by atoms with Gasteiger partial charge in [0.05, 0.1) is 10.9 Å². The molecule has 4 heteroatoms. The minimum Gasteiger partial charge on any atom is -0.493 e. The van der Waals surface area contributed by atoms with Gasteiger partial charge in [-0.3, -0.25) is 0 Å². The third kappa shape index (κ3) is 2.78. The standard InChI is InChI=1S/C15H16ClNOS/c1-10(14-6-7-15(16)19-14)17-12-8-9-18-13-5-3-2-4-11(12)13/h2-7,10,12,17H,8-9H2,1H3. The number of benzene rings is 1. The quantitative estimate of drug-likeness (QED) is 0.894. The second kappa shape index (κ2) is 5.53. The molecule has 2 atom stereocenters. The molecule has 1 aromatic carbocycles. The van der Waals surface area contributed by atoms with Gasteiger partial charge in [-0.15, -0.1) is 11.3 Å². The summed E-state index contributed by atoms with van der Waals surface area (Å²) in [6, 6.07) is 13.0. The number of halogens is 1. The molecule has 0 bridgehead atoms. The number of para-hydroxylation sites is 1. The van der Waals surface area contributed by atoms with Gasteiger partial charge in [0.15, 0.2) is 0 Å². The molecule has 2 unspecified atom stereocenters. The highest BCUT2D eigenvalue weighted by Gasteiger charge is 2.23. The maximum Gasteiger partial charge on any atom is 0.124 e. The van der Waals surface area contributed by atoms with Crippen LogP contribution in [0, 0.1) is 0 Å². The summed E-state index contributed by atoms with van der Waals surface area (Å²) in [7, 11) is 0. The first-order valence-electron chi connectivity index (χ1n) is 6.47. The fourth-order valence-corrected chi connectivity index (χ4v) is 3.53. The molecule has 0 saturated heterocycles. The Hall–Kier alpha value is -1.03. The maximum atomic E-state index is 6.00. The van der Waals surface area contributed by atoms with Crippen molar-refractivity contribution in [3.63, 3.8) is 0 Å². The summed E-state index contributed by atoms with van der Waals surface area (Å²) >= 11 is 7.64. The summed E-state index contributed by atoms with van der Waals surface area (Å²) < 4.78 is 6.53. The van der Waals surface area contributed by atoms with Crippen LogP contribution in [-0.4, -0.2) is 6.61 Å². The van der Waals surface area contributed by atoms with Crippen LogP contribution in [-0.2, 0) is 0 Å². The van der Waals surface area contributed by atoms with Gasteiger partial charge in [-0.2, -0.15) is 0 Å². The third-order valence-electron chi connectivity index (χ3n) is 3.43. The number of thiophene rings is 1. The molecule has 0 aliphatic carbocycles. The van der Waals surface area contributed by atoms with Crippen molar-refractivity contribution in [2.45, 2.75) is 25.4 Å². The van der Waals surface area contributed by atoms with Crippen LogP contribution in [0.25, 0.3) is 0 Å². The van der Waals surface area contributed by atoms with E-state index >= 15 is 0 Å². The predicted octanol–water partition coefficient (Wildman–Crippen LogP) is 4.58. The van der Waals surface area contributed by atoms with E-state index < -0.39 is 0 Å². The van der Waals surface area contributed by atoms with Crippen LogP contribution in [0.2, 0.25) is 4.34 Å². The molecule has 0 fully saturated rings. The summed E-state index contributed by atoms with van der Waals surface area (Å²) in [6.07, 6.45) is 1.00. The molecule has 0 saturated carbocycles. The number of nitrogens with one attached hydrogen (secondary N) is 1. The average molecular weight is 294 g/mol. The van der Waals surface area contributed by atoms with E-state index in [0.29, 0.717) is 12.1 Å². The van der Waals surface area contributed by atoms with Gasteiger partial charge in [0.2, 0.25) is 0 Å². The van der Waals surface area contributed by atoms with Crippen molar-refractivity contribution in [3.05, 3.63) is 51.2 Å². The molecule has 1 aliphatic rings. The zero-order valence-electron chi connectivity index (χ0n) is 10.7. The first-order valence-corrected chi connectivity index (χ1v) is 7.66. The zero-order chi connectivity index (χ0) is 13.2. The van der Waals surface area contributed by atoms with Gasteiger partial charge in [-0.25, -0.2) is 0 Å². The van der Waals surface area contributed by atoms with Gasteiger partial charge in [-0.05, 0) is 25.1 Å². The maximum absolute atomic E-state index is 6.00. The first-order chi connectivity index (χ1) is 9.24. The molecule has 2 nitrogen and oxygen atoms in total. The Morgan fingerprint density at radius 2 is 2.16 bits per heavy atom. The van der Waals surface area contributed by atoms with Gasteiger partial charge >= 0.3 is 0 Å². The Kier molecular flexibility index (Phi) is 3.78. The molecule has 3 rings (SSSR count). The van der Waals surface area contributed by atoms with Crippen LogP contribution in [0.5, 0.6) is 5.75 Å². The first kappa shape index (κ1) is 13.0. The molecule has 2 heterocycles. The Morgan fingerprint density at radius 3 is 2.95 bits per heavy atom. The van der Waals surface area contributed by atoms with E-state index in [2.05, 4.69) is 30.4 Å². The van der Waals surface area contributed by atoms with E-state index in [9.17, 15) is 0 Å². The highest BCUT2D eigenvalue weighted by molar-refractivity contribution is 7.16. The molecule has 0 amide bonds. The Morgan fingerprint density at radius 1 is 1.32 bits per heavy atom. The van der Waals surface area contributed by atoms with Gasteiger partial charge in [-0.1, -0.05) is 29.8 Å². The van der Waals surface area contributed by atoms with Crippen molar-refractivity contribution in [1.29, 1.82) is 0 Å². The molecule has 1 aliphatic heterocycles. The van der Waals surface area contributed by atoms with Gasteiger partial charge in [0.25, 0.3) is 0 Å². The average Bonchev–Trinajstić information content (AvgIpc) is 2.86. The van der Waals surface area contributed by atoms with Crippen molar-refractivity contribution in [2.24, 2.45) is 0 Å². The molecule has 0 radical (unpaired) electrons. The molecule has 1 aromatic heterocycles. The number of ether oxygens (including phenoxy) is 1. The van der Waals surface area contributed by atoms with Crippen LogP contribution in [0.1, 0.15) is 35.9 Å². The normalized spacial score (nSPS) is 19.6. The smallest absolute Gasteiger partial charge is 0.124 e. The second-order valence-corrected chi connectivity index (χ2v) is 6.50. The summed E-state index contributed by atoms with van der Waals surface area (Å²) in [6.45, 7) is 2.95. The van der Waals surface area contributed by atoms with Crippen molar-refractivity contribution in [2.75, 3.05) is 6.61 Å². The van der Waals surface area contributed by atoms with Crippen LogP contribution in [0.3, 0.4) is 0 Å². The van der Waals surface area contributed by atoms with Gasteiger partial charge < -0.3 is 10.1 Å². The topological polar surface area (TPSA) is 21.3 Å². The molecular formula is C15H16ClNOS. The summed E-state index contributed by atoms with van der Waals surface area (Å²) in [4.78, 5) is 1.27. The Labute approximate surface area is 122 Å². The molecule has 2 aromatic rings. The van der Waals surface area contributed by atoms with Crippen LogP contribution >= 0.6 is 22.9 Å². The Bertz CT molecular complexity index is 569. The number of rotatable bonds is 3. The number of hydrogen-bond donors (Lipinski definition) is 1. The minimum atomic E-state index is 0.300. The molecular weight excluding hydrogens is 278 g/mol. The third-order valence-corrected chi connectivity index (χ3v) is 4.84. The van der Waals surface area contributed by atoms with Crippen LogP contribution in [0.15, 0.2) is 36.4 Å². The van der Waals surface area contributed by atoms with E-state index in [-0.39, 0.29) is 0 Å². The van der Waals surface area contributed by atoms with Crippen molar-refractivity contribution in [1.82, 2.24) is 5.32 Å². The van der Waals surface area contributed by atoms with Crippen molar-refractivity contribution < 1.29 is 4.74 Å². The fraction of sp³-hybridized carbons (Fsp3) is 0.333. The van der Waals surface area contributed by atoms with Crippen LogP contribution < -0.4 is 10.1 Å². The lowest BCUT2D eigenvalue weighted by Crippen LogP contribution is -2.28. The van der Waals surface area contributed by atoms with E-state index in [1.807, 2.05) is 18.2 Å². The molecule has 19 heavy (non-hydrogen) atoms. The lowest BCUT2D eigenvalue weighted by atomic mass is 9.99. The molecule has 0 spiro atoms. The van der Waals surface area contributed by atoms with Crippen molar-refractivity contribution >= 4 is 22.9 Å². The SMILES string of the molecule is CC(NC1CCOc2ccccc21)c1ccc(Cl)s1. The lowest BCUT2D eigenvalue weighted by molar-refractivity contribution is 0.246. The lowest BCUT2D eigenvalue weighted by Gasteiger charge is -2.29. The summed E-state index contributed by atoms with van der Waals surface area (Å²) in [5.74, 6) is 1.00. The van der Waals surface area contributed by atoms with E-state index in [0.717, 1.165) is 23.1 Å². The summed E-state index contributed by atoms with van der Waals surface area (Å²) in [5.41, 5.74) is 1.25. The van der Waals surface area contributed by atoms with Crippen molar-refractivity contribution in [3.8, 4) is 5.75 Å². The number of fused-ring (bicyclic) bond motifs is 1. The van der Waals surface area contributed by atoms with E-state index in [4.69, 9.17) is 16.3 Å². The monoisotopic (exact) mass is 293 g/mol. The zero-order valence-corrected chi connectivity index (χ0v) is 12.3. The molecule has 1 N–H and O–H groups in total. The Balaban J connectivity index is 1.77. The van der Waals surface area contributed by atoms with Crippen LogP contribution in [0.4, 0.5) is 0 Å². The predicted molar refractivity (Wildman–Crippen MR) is 80.2 cm³/mol. The van der Waals surface area contributed by atoms with Gasteiger partial charge in [0, 0.05) is 28.9 Å². The molecule has 100 valence electrons. The van der Waals surface area contributed by atoms with E-state index in [1.54, 1.807) is 11.3 Å². The van der Waals surface area contributed by atoms with E-state index in [1.165, 1.54) is 10.4 Å². The van der Waals surface area contributed by atoms with Gasteiger partial charge in [0.1, 0.15) is 5.75 Å². The minimum absolute atomic E-state index is 0.300. The number of hydrogen-bond acceptors (Lipinski definition) is 3. The summed E-state index contributed by atoms with van der Waals surface area (Å²) in [5, 5.41) is 3.68. The highest BCUT2D eigenvalue weighted by Crippen LogP contribution is 2.34. The second-order valence-electron chi connectivity index (χ2n) is 4.76. The largest absolute Gasteiger partial charge is 0.493 e. The highest BCUT2D eigenvalue weighted by atomic mass is 35.5.